The van der Waals surface area contributed by atoms with Gasteiger partial charge in [0, 0.05) is 37.9 Å². The van der Waals surface area contributed by atoms with E-state index in [1.807, 2.05) is 32.2 Å². The van der Waals surface area contributed by atoms with Gasteiger partial charge >= 0.3 is 0 Å². The Bertz CT molecular complexity index is 485. The van der Waals surface area contributed by atoms with E-state index < -0.39 is 0 Å². The lowest BCUT2D eigenvalue weighted by Gasteiger charge is -2.22. The van der Waals surface area contributed by atoms with Crippen molar-refractivity contribution in [3.63, 3.8) is 0 Å². The predicted molar refractivity (Wildman–Crippen MR) is 87.4 cm³/mol. The van der Waals surface area contributed by atoms with Gasteiger partial charge in [0.25, 0.3) is 0 Å². The molecule has 0 radical (unpaired) electrons. The van der Waals surface area contributed by atoms with Gasteiger partial charge in [-0.2, -0.15) is 0 Å². The van der Waals surface area contributed by atoms with Gasteiger partial charge in [-0.25, -0.2) is 0 Å². The van der Waals surface area contributed by atoms with Gasteiger partial charge < -0.3 is 20.1 Å². The Kier molecular flexibility index (Phi) is 6.68. The molecule has 0 bridgehead atoms. The molecule has 1 aromatic carbocycles. The maximum atomic E-state index is 11.8. The number of aryl methyl sites for hydroxylation is 1. The van der Waals surface area contributed by atoms with Crippen molar-refractivity contribution in [1.82, 2.24) is 5.32 Å². The lowest BCUT2D eigenvalue weighted by molar-refractivity contribution is -0.116. The van der Waals surface area contributed by atoms with E-state index in [-0.39, 0.29) is 5.91 Å². The Labute approximate surface area is 132 Å². The smallest absolute Gasteiger partial charge is 0.225 e. The molecule has 0 spiro atoms. The van der Waals surface area contributed by atoms with E-state index >= 15 is 0 Å². The molecule has 1 saturated heterocycles. The molecule has 22 heavy (non-hydrogen) atoms. The van der Waals surface area contributed by atoms with Crippen molar-refractivity contribution in [3.05, 3.63) is 23.8 Å². The number of nitrogens with one attached hydrogen (secondary N) is 2. The van der Waals surface area contributed by atoms with Crippen LogP contribution in [0.2, 0.25) is 0 Å². The van der Waals surface area contributed by atoms with Gasteiger partial charge in [-0.15, -0.1) is 0 Å². The van der Waals surface area contributed by atoms with E-state index in [1.54, 1.807) is 0 Å². The molecule has 1 amide bonds. The molecule has 122 valence electrons. The van der Waals surface area contributed by atoms with Crippen LogP contribution in [0.3, 0.4) is 0 Å². The number of ether oxygens (including phenoxy) is 2. The quantitative estimate of drug-likeness (QED) is 0.812. The average Bonchev–Trinajstić information content (AvgIpc) is 2.54. The highest BCUT2D eigenvalue weighted by Crippen LogP contribution is 2.24. The Hall–Kier alpha value is -1.59. The molecule has 0 unspecified atom stereocenters. The maximum Gasteiger partial charge on any atom is 0.225 e. The monoisotopic (exact) mass is 306 g/mol. The minimum atomic E-state index is 0.00795. The molecule has 0 aliphatic carbocycles. The fourth-order valence-electron chi connectivity index (χ4n) is 2.42. The summed E-state index contributed by atoms with van der Waals surface area (Å²) >= 11 is 0. The van der Waals surface area contributed by atoms with Gasteiger partial charge in [-0.05, 0) is 44.4 Å². The first-order chi connectivity index (χ1) is 10.7. The number of carbonyl (C=O) groups excluding carboxylic acids is 1. The molecule has 0 aromatic heterocycles. The van der Waals surface area contributed by atoms with Crippen molar-refractivity contribution in [2.45, 2.75) is 26.2 Å². The van der Waals surface area contributed by atoms with Gasteiger partial charge in [-0.1, -0.05) is 6.07 Å². The molecule has 0 saturated carbocycles. The number of anilines is 1. The zero-order valence-corrected chi connectivity index (χ0v) is 13.5. The number of hydrogen-bond donors (Lipinski definition) is 2. The van der Waals surface area contributed by atoms with Crippen LogP contribution in [0.1, 0.15) is 24.8 Å². The van der Waals surface area contributed by atoms with Crippen LogP contribution in [-0.2, 0) is 9.53 Å². The average molecular weight is 306 g/mol. The topological polar surface area (TPSA) is 59.6 Å². The molecule has 5 nitrogen and oxygen atoms in total. The van der Waals surface area contributed by atoms with Crippen LogP contribution in [0.25, 0.3) is 0 Å². The van der Waals surface area contributed by atoms with Gasteiger partial charge in [0.2, 0.25) is 5.91 Å². The van der Waals surface area contributed by atoms with E-state index in [4.69, 9.17) is 9.47 Å². The molecule has 1 heterocycles. The maximum absolute atomic E-state index is 11.8. The van der Waals surface area contributed by atoms with Gasteiger partial charge in [0.15, 0.2) is 0 Å². The molecule has 1 aliphatic heterocycles. The van der Waals surface area contributed by atoms with E-state index in [0.29, 0.717) is 25.5 Å². The van der Waals surface area contributed by atoms with Gasteiger partial charge in [-0.3, -0.25) is 4.79 Å². The second-order valence-electron chi connectivity index (χ2n) is 5.75. The standard InChI is InChI=1S/C17H26N2O3/c1-13-3-4-15(19-17(20)5-8-18-2)11-16(13)22-12-14-6-9-21-10-7-14/h3-4,11,14,18H,5-10,12H2,1-2H3,(H,19,20). The highest BCUT2D eigenvalue weighted by molar-refractivity contribution is 5.91. The fourth-order valence-corrected chi connectivity index (χ4v) is 2.42. The van der Waals surface area contributed by atoms with Crippen molar-refractivity contribution in [2.75, 3.05) is 38.7 Å². The Morgan fingerprint density at radius 3 is 2.86 bits per heavy atom. The lowest BCUT2D eigenvalue weighted by Crippen LogP contribution is -2.21. The molecule has 1 aliphatic rings. The van der Waals surface area contributed by atoms with Crippen molar-refractivity contribution in [3.8, 4) is 5.75 Å². The summed E-state index contributed by atoms with van der Waals surface area (Å²) in [6.07, 6.45) is 2.57. The van der Waals surface area contributed by atoms with Crippen molar-refractivity contribution < 1.29 is 14.3 Å². The highest BCUT2D eigenvalue weighted by Gasteiger charge is 2.15. The van der Waals surface area contributed by atoms with Crippen LogP contribution in [0, 0.1) is 12.8 Å². The third-order valence-electron chi connectivity index (χ3n) is 3.89. The van der Waals surface area contributed by atoms with Crippen LogP contribution in [0.5, 0.6) is 5.75 Å². The molecule has 0 atom stereocenters. The summed E-state index contributed by atoms with van der Waals surface area (Å²) in [4.78, 5) is 11.8. The Balaban J connectivity index is 1.89. The van der Waals surface area contributed by atoms with E-state index in [9.17, 15) is 4.79 Å². The molecule has 5 heteroatoms. The summed E-state index contributed by atoms with van der Waals surface area (Å²) in [5.41, 5.74) is 1.87. The second-order valence-corrected chi connectivity index (χ2v) is 5.75. The molecule has 1 fully saturated rings. The van der Waals surface area contributed by atoms with Crippen molar-refractivity contribution >= 4 is 11.6 Å². The van der Waals surface area contributed by atoms with Crippen LogP contribution in [0.15, 0.2) is 18.2 Å². The third-order valence-corrected chi connectivity index (χ3v) is 3.89. The zero-order valence-electron chi connectivity index (χ0n) is 13.5. The number of benzene rings is 1. The third kappa shape index (κ3) is 5.31. The zero-order chi connectivity index (χ0) is 15.8. The Morgan fingerprint density at radius 1 is 1.36 bits per heavy atom. The van der Waals surface area contributed by atoms with E-state index in [1.165, 1.54) is 0 Å². The van der Waals surface area contributed by atoms with Crippen LogP contribution >= 0.6 is 0 Å². The summed E-state index contributed by atoms with van der Waals surface area (Å²) in [6, 6.07) is 5.80. The molecule has 2 N–H and O–H groups in total. The van der Waals surface area contributed by atoms with E-state index in [0.717, 1.165) is 43.1 Å². The van der Waals surface area contributed by atoms with Gasteiger partial charge in [0.05, 0.1) is 6.61 Å². The van der Waals surface area contributed by atoms with Crippen LogP contribution in [-0.4, -0.2) is 39.3 Å². The Morgan fingerprint density at radius 2 is 2.14 bits per heavy atom. The van der Waals surface area contributed by atoms with Crippen molar-refractivity contribution in [1.29, 1.82) is 0 Å². The summed E-state index contributed by atoms with van der Waals surface area (Å²) in [6.45, 7) is 5.06. The van der Waals surface area contributed by atoms with Crippen LogP contribution < -0.4 is 15.4 Å². The minimum absolute atomic E-state index is 0.00795. The number of hydrogen-bond acceptors (Lipinski definition) is 4. The number of carbonyl (C=O) groups is 1. The summed E-state index contributed by atoms with van der Waals surface area (Å²) in [5, 5.41) is 5.87. The largest absolute Gasteiger partial charge is 0.493 e. The molecular weight excluding hydrogens is 280 g/mol. The number of amides is 1. The lowest BCUT2D eigenvalue weighted by atomic mass is 10.0. The predicted octanol–water partition coefficient (Wildman–Crippen LogP) is 2.35. The minimum Gasteiger partial charge on any atom is -0.493 e. The summed E-state index contributed by atoms with van der Waals surface area (Å²) in [5.74, 6) is 1.41. The van der Waals surface area contributed by atoms with E-state index in [2.05, 4.69) is 10.6 Å². The first kappa shape index (κ1) is 16.8. The first-order valence-electron chi connectivity index (χ1n) is 7.94. The van der Waals surface area contributed by atoms with Gasteiger partial charge in [0.1, 0.15) is 5.75 Å². The summed E-state index contributed by atoms with van der Waals surface area (Å²) < 4.78 is 11.3. The van der Waals surface area contributed by atoms with Crippen molar-refractivity contribution in [2.24, 2.45) is 5.92 Å². The molecular formula is C17H26N2O3. The highest BCUT2D eigenvalue weighted by atomic mass is 16.5. The second kappa shape index (κ2) is 8.76. The fraction of sp³-hybridized carbons (Fsp3) is 0.588. The number of rotatable bonds is 7. The molecule has 1 aromatic rings. The van der Waals surface area contributed by atoms with Crippen LogP contribution in [0.4, 0.5) is 5.69 Å². The SMILES string of the molecule is CNCCC(=O)Nc1ccc(C)c(OCC2CCOCC2)c1. The first-order valence-corrected chi connectivity index (χ1v) is 7.94. The normalized spacial score (nSPS) is 15.5. The summed E-state index contributed by atoms with van der Waals surface area (Å²) in [7, 11) is 1.83. The molecule has 2 rings (SSSR count).